The molecule has 0 spiro atoms. The molecule has 3 aromatic carbocycles. The van der Waals surface area contributed by atoms with E-state index in [-0.39, 0.29) is 33.9 Å². The molecule has 0 bridgehead atoms. The van der Waals surface area contributed by atoms with Crippen LogP contribution in [0.5, 0.6) is 46.0 Å². The van der Waals surface area contributed by atoms with Gasteiger partial charge in [-0.3, -0.25) is 0 Å². The maximum Gasteiger partial charge on any atom is 0.157 e. The lowest BCUT2D eigenvalue weighted by molar-refractivity contribution is 0.00644. The third kappa shape index (κ3) is 3.01. The highest BCUT2D eigenvalue weighted by Gasteiger charge is 2.43. The third-order valence-corrected chi connectivity index (χ3v) is 5.08. The minimum Gasteiger partial charge on any atom is -0.508 e. The fraction of sp³-hybridized carbons (Fsp3) is 0.143. The van der Waals surface area contributed by atoms with Crippen molar-refractivity contribution in [2.75, 3.05) is 0 Å². The molecule has 0 saturated heterocycles. The fourth-order valence-corrected chi connectivity index (χ4v) is 3.78. The number of hydrogen-bond acceptors (Lipinski definition) is 9. The van der Waals surface area contributed by atoms with Gasteiger partial charge in [0.1, 0.15) is 40.6 Å². The lowest BCUT2D eigenvalue weighted by atomic mass is 9.79. The molecular weight excluding hydrogens is 396 g/mol. The van der Waals surface area contributed by atoms with Crippen molar-refractivity contribution in [2.45, 2.75) is 18.1 Å². The molecule has 9 heteroatoms. The van der Waals surface area contributed by atoms with Gasteiger partial charge in [-0.05, 0) is 17.7 Å². The molecule has 0 aromatic heterocycles. The zero-order chi connectivity index (χ0) is 21.7. The van der Waals surface area contributed by atoms with Crippen LogP contribution in [0.4, 0.5) is 0 Å². The lowest BCUT2D eigenvalue weighted by Crippen LogP contribution is -2.35. The normalized spacial score (nSPS) is 20.4. The SMILES string of the molecule is Oc1cc(O)c(C2c3c(O)cc(O)cc3O[C@H](c3ccc(O)c(O)c3)[C@@H]2O)c(O)c1. The van der Waals surface area contributed by atoms with Gasteiger partial charge >= 0.3 is 0 Å². The van der Waals surface area contributed by atoms with E-state index in [1.807, 2.05) is 0 Å². The Kier molecular flexibility index (Phi) is 4.39. The van der Waals surface area contributed by atoms with Crippen molar-refractivity contribution in [3.05, 3.63) is 59.2 Å². The molecule has 1 heterocycles. The predicted molar refractivity (Wildman–Crippen MR) is 102 cm³/mol. The Morgan fingerprint density at radius 1 is 0.600 bits per heavy atom. The molecule has 30 heavy (non-hydrogen) atoms. The lowest BCUT2D eigenvalue weighted by Gasteiger charge is -2.38. The summed E-state index contributed by atoms with van der Waals surface area (Å²) in [6.07, 6.45) is -2.68. The average molecular weight is 414 g/mol. The van der Waals surface area contributed by atoms with E-state index in [1.54, 1.807) is 0 Å². The highest BCUT2D eigenvalue weighted by atomic mass is 16.5. The molecule has 0 amide bonds. The molecule has 3 aromatic rings. The largest absolute Gasteiger partial charge is 0.508 e. The zero-order valence-corrected chi connectivity index (χ0v) is 15.3. The summed E-state index contributed by atoms with van der Waals surface area (Å²) in [6.45, 7) is 0. The summed E-state index contributed by atoms with van der Waals surface area (Å²) >= 11 is 0. The Balaban J connectivity index is 1.95. The second-order valence-corrected chi connectivity index (χ2v) is 7.03. The third-order valence-electron chi connectivity index (χ3n) is 5.08. The van der Waals surface area contributed by atoms with Crippen molar-refractivity contribution in [3.8, 4) is 46.0 Å². The van der Waals surface area contributed by atoms with Crippen LogP contribution in [-0.2, 0) is 0 Å². The summed E-state index contributed by atoms with van der Waals surface area (Å²) in [4.78, 5) is 0. The van der Waals surface area contributed by atoms with Crippen LogP contribution in [0.15, 0.2) is 42.5 Å². The van der Waals surface area contributed by atoms with E-state index in [2.05, 4.69) is 0 Å². The van der Waals surface area contributed by atoms with Gasteiger partial charge in [0, 0.05) is 35.4 Å². The van der Waals surface area contributed by atoms with Crippen LogP contribution < -0.4 is 4.74 Å². The van der Waals surface area contributed by atoms with E-state index in [9.17, 15) is 40.9 Å². The van der Waals surface area contributed by atoms with E-state index < -0.39 is 46.9 Å². The van der Waals surface area contributed by atoms with Crippen molar-refractivity contribution in [1.29, 1.82) is 0 Å². The van der Waals surface area contributed by atoms with E-state index in [0.717, 1.165) is 18.2 Å². The Hall–Kier alpha value is -3.98. The van der Waals surface area contributed by atoms with Gasteiger partial charge in [-0.1, -0.05) is 6.07 Å². The molecule has 8 N–H and O–H groups in total. The van der Waals surface area contributed by atoms with Gasteiger partial charge in [-0.25, -0.2) is 0 Å². The van der Waals surface area contributed by atoms with Gasteiger partial charge in [0.2, 0.25) is 0 Å². The predicted octanol–water partition coefficient (Wildman–Crippen LogP) is 2.25. The monoisotopic (exact) mass is 414 g/mol. The Bertz CT molecular complexity index is 1120. The topological polar surface area (TPSA) is 171 Å². The van der Waals surface area contributed by atoms with E-state index in [1.165, 1.54) is 24.3 Å². The maximum absolute atomic E-state index is 11.1. The summed E-state index contributed by atoms with van der Waals surface area (Å²) in [7, 11) is 0. The summed E-state index contributed by atoms with van der Waals surface area (Å²) in [5.41, 5.74) is 0.0590. The number of ether oxygens (including phenoxy) is 1. The van der Waals surface area contributed by atoms with Crippen LogP contribution in [-0.4, -0.2) is 47.0 Å². The maximum atomic E-state index is 11.1. The number of benzene rings is 3. The number of aliphatic hydroxyl groups is 1. The average Bonchev–Trinajstić information content (AvgIpc) is 2.64. The number of phenolic OH excluding ortho intramolecular Hbond substituents is 7. The molecule has 156 valence electrons. The molecule has 3 atom stereocenters. The molecule has 4 rings (SSSR count). The van der Waals surface area contributed by atoms with Crippen molar-refractivity contribution in [3.63, 3.8) is 0 Å². The molecule has 0 fully saturated rings. The van der Waals surface area contributed by atoms with Crippen molar-refractivity contribution in [2.24, 2.45) is 0 Å². The molecule has 0 saturated carbocycles. The van der Waals surface area contributed by atoms with Crippen molar-refractivity contribution in [1.82, 2.24) is 0 Å². The first-order valence-corrected chi connectivity index (χ1v) is 8.84. The molecule has 1 unspecified atom stereocenters. The van der Waals surface area contributed by atoms with Crippen LogP contribution in [0.2, 0.25) is 0 Å². The number of aliphatic hydroxyl groups excluding tert-OH is 1. The summed E-state index contributed by atoms with van der Waals surface area (Å²) < 4.78 is 5.77. The van der Waals surface area contributed by atoms with Crippen LogP contribution >= 0.6 is 0 Å². The molecule has 9 nitrogen and oxygen atoms in total. The number of phenols is 7. The van der Waals surface area contributed by atoms with Gasteiger partial charge < -0.3 is 45.6 Å². The number of aromatic hydroxyl groups is 7. The van der Waals surface area contributed by atoms with Gasteiger partial charge in [0.25, 0.3) is 0 Å². The molecule has 0 radical (unpaired) electrons. The molecular formula is C21H18O9. The van der Waals surface area contributed by atoms with E-state index >= 15 is 0 Å². The van der Waals surface area contributed by atoms with Crippen molar-refractivity contribution >= 4 is 0 Å². The minimum absolute atomic E-state index is 0.00385. The molecule has 1 aliphatic rings. The summed E-state index contributed by atoms with van der Waals surface area (Å²) in [5.74, 6) is -4.38. The Morgan fingerprint density at radius 2 is 1.17 bits per heavy atom. The van der Waals surface area contributed by atoms with E-state index in [0.29, 0.717) is 0 Å². The number of hydrogen-bond donors (Lipinski definition) is 8. The number of fused-ring (bicyclic) bond motifs is 1. The van der Waals surface area contributed by atoms with Gasteiger partial charge in [0.15, 0.2) is 17.6 Å². The quantitative estimate of drug-likeness (QED) is 0.293. The molecule has 0 aliphatic carbocycles. The van der Waals surface area contributed by atoms with Crippen LogP contribution in [0.25, 0.3) is 0 Å². The molecule has 1 aliphatic heterocycles. The van der Waals surface area contributed by atoms with Gasteiger partial charge in [-0.2, -0.15) is 0 Å². The number of rotatable bonds is 2. The highest BCUT2D eigenvalue weighted by Crippen LogP contribution is 2.54. The van der Waals surface area contributed by atoms with Crippen LogP contribution in [0.3, 0.4) is 0 Å². The minimum atomic E-state index is -1.50. The Morgan fingerprint density at radius 3 is 1.77 bits per heavy atom. The standard InChI is InChI=1S/C21H18O9/c22-9-4-13(26)17(14(27)5-9)19-18-15(28)6-10(23)7-16(18)30-21(20(19)29)8-1-2-11(24)12(25)3-8/h1-7,19-29H/t19?,20-,21-/m1/s1. The first-order chi connectivity index (χ1) is 14.2. The van der Waals surface area contributed by atoms with Gasteiger partial charge in [-0.15, -0.1) is 0 Å². The first kappa shape index (κ1) is 19.3. The fourth-order valence-electron chi connectivity index (χ4n) is 3.78. The van der Waals surface area contributed by atoms with Crippen LogP contribution in [0, 0.1) is 0 Å². The van der Waals surface area contributed by atoms with E-state index in [4.69, 9.17) is 4.74 Å². The second kappa shape index (κ2) is 6.82. The highest BCUT2D eigenvalue weighted by molar-refractivity contribution is 5.62. The zero-order valence-electron chi connectivity index (χ0n) is 15.3. The second-order valence-electron chi connectivity index (χ2n) is 7.03. The summed E-state index contributed by atoms with van der Waals surface area (Å²) in [6, 6.07) is 7.90. The summed E-state index contributed by atoms with van der Waals surface area (Å²) in [5, 5.41) is 81.2. The first-order valence-electron chi connectivity index (χ1n) is 8.84. The van der Waals surface area contributed by atoms with Crippen LogP contribution in [0.1, 0.15) is 28.7 Å². The Labute approximate surface area is 169 Å². The van der Waals surface area contributed by atoms with Gasteiger partial charge in [0.05, 0.1) is 5.92 Å². The smallest absolute Gasteiger partial charge is 0.157 e. The van der Waals surface area contributed by atoms with Crippen molar-refractivity contribution < 1.29 is 45.6 Å².